The van der Waals surface area contributed by atoms with Crippen LogP contribution in [0, 0.1) is 13.8 Å². The van der Waals surface area contributed by atoms with Gasteiger partial charge in [-0.2, -0.15) is 0 Å². The maximum atomic E-state index is 6.12. The third-order valence-corrected chi connectivity index (χ3v) is 3.02. The van der Waals surface area contributed by atoms with E-state index in [0.29, 0.717) is 19.8 Å². The molecule has 2 N–H and O–H groups in total. The van der Waals surface area contributed by atoms with Gasteiger partial charge in [-0.3, -0.25) is 0 Å². The van der Waals surface area contributed by atoms with Crippen LogP contribution in [0.1, 0.15) is 43.5 Å². The molecule has 3 heteroatoms. The molecule has 1 aromatic carbocycles. The van der Waals surface area contributed by atoms with E-state index in [1.165, 1.54) is 11.1 Å². The SMILES string of the molecule is Cc1ccc(C(N)COCCOC(C)(C)C)cc1C. The second kappa shape index (κ2) is 7.04. The molecule has 3 nitrogen and oxygen atoms in total. The van der Waals surface area contributed by atoms with E-state index in [9.17, 15) is 0 Å². The van der Waals surface area contributed by atoms with E-state index in [4.69, 9.17) is 15.2 Å². The van der Waals surface area contributed by atoms with Crippen LogP contribution in [0.4, 0.5) is 0 Å². The molecule has 0 saturated carbocycles. The molecule has 0 amide bonds. The van der Waals surface area contributed by atoms with E-state index in [-0.39, 0.29) is 11.6 Å². The first-order chi connectivity index (χ1) is 8.79. The van der Waals surface area contributed by atoms with Crippen molar-refractivity contribution in [3.05, 3.63) is 34.9 Å². The molecule has 0 spiro atoms. The monoisotopic (exact) mass is 265 g/mol. The fourth-order valence-electron chi connectivity index (χ4n) is 1.71. The minimum Gasteiger partial charge on any atom is -0.377 e. The van der Waals surface area contributed by atoms with Crippen molar-refractivity contribution in [1.29, 1.82) is 0 Å². The Labute approximate surface area is 117 Å². The van der Waals surface area contributed by atoms with Crippen LogP contribution in [0.3, 0.4) is 0 Å². The molecule has 0 aliphatic rings. The highest BCUT2D eigenvalue weighted by atomic mass is 16.5. The van der Waals surface area contributed by atoms with Gasteiger partial charge in [-0.05, 0) is 51.3 Å². The highest BCUT2D eigenvalue weighted by Gasteiger charge is 2.10. The second-order valence-electron chi connectivity index (χ2n) is 5.99. The Kier molecular flexibility index (Phi) is 5.98. The molecule has 1 unspecified atom stereocenters. The van der Waals surface area contributed by atoms with Crippen LogP contribution in [0.25, 0.3) is 0 Å². The number of ether oxygens (including phenoxy) is 2. The smallest absolute Gasteiger partial charge is 0.0707 e. The van der Waals surface area contributed by atoms with E-state index in [1.54, 1.807) is 0 Å². The molecule has 0 saturated heterocycles. The lowest BCUT2D eigenvalue weighted by atomic mass is 10.0. The maximum Gasteiger partial charge on any atom is 0.0707 e. The Bertz CT molecular complexity index is 396. The van der Waals surface area contributed by atoms with Crippen LogP contribution in [-0.4, -0.2) is 25.4 Å². The molecule has 1 rings (SSSR count). The molecule has 0 heterocycles. The quantitative estimate of drug-likeness (QED) is 0.804. The topological polar surface area (TPSA) is 44.5 Å². The van der Waals surface area contributed by atoms with Crippen molar-refractivity contribution in [2.75, 3.05) is 19.8 Å². The van der Waals surface area contributed by atoms with Crippen LogP contribution >= 0.6 is 0 Å². The van der Waals surface area contributed by atoms with Crippen molar-refractivity contribution in [3.63, 3.8) is 0 Å². The van der Waals surface area contributed by atoms with Crippen molar-refractivity contribution < 1.29 is 9.47 Å². The fraction of sp³-hybridized carbons (Fsp3) is 0.625. The molecule has 0 aliphatic heterocycles. The first-order valence-electron chi connectivity index (χ1n) is 6.84. The molecule has 0 fully saturated rings. The van der Waals surface area contributed by atoms with Gasteiger partial charge in [0, 0.05) is 0 Å². The van der Waals surface area contributed by atoms with E-state index in [1.807, 2.05) is 20.8 Å². The Hall–Kier alpha value is -0.900. The predicted octanol–water partition coefficient (Wildman–Crippen LogP) is 3.13. The van der Waals surface area contributed by atoms with Crippen LogP contribution in [0.5, 0.6) is 0 Å². The first kappa shape index (κ1) is 16.2. The van der Waals surface area contributed by atoms with Gasteiger partial charge in [0.1, 0.15) is 0 Å². The molecular formula is C16H27NO2. The summed E-state index contributed by atoms with van der Waals surface area (Å²) in [7, 11) is 0. The first-order valence-corrected chi connectivity index (χ1v) is 6.84. The van der Waals surface area contributed by atoms with Crippen molar-refractivity contribution in [2.24, 2.45) is 5.73 Å². The molecule has 1 atom stereocenters. The van der Waals surface area contributed by atoms with Crippen LogP contribution in [0.15, 0.2) is 18.2 Å². The van der Waals surface area contributed by atoms with E-state index < -0.39 is 0 Å². The highest BCUT2D eigenvalue weighted by molar-refractivity contribution is 5.31. The standard InChI is InChI=1S/C16H27NO2/c1-12-6-7-14(10-13(12)2)15(17)11-18-8-9-19-16(3,4)5/h6-7,10,15H,8-9,11,17H2,1-5H3. The number of hydrogen-bond donors (Lipinski definition) is 1. The third kappa shape index (κ3) is 6.19. The summed E-state index contributed by atoms with van der Waals surface area (Å²) in [5.41, 5.74) is 9.68. The van der Waals surface area contributed by atoms with E-state index in [0.717, 1.165) is 5.56 Å². The normalized spacial score (nSPS) is 13.6. The summed E-state index contributed by atoms with van der Waals surface area (Å²) < 4.78 is 11.2. The van der Waals surface area contributed by atoms with E-state index in [2.05, 4.69) is 32.0 Å². The maximum absolute atomic E-state index is 6.12. The van der Waals surface area contributed by atoms with Gasteiger partial charge in [0.15, 0.2) is 0 Å². The summed E-state index contributed by atoms with van der Waals surface area (Å²) >= 11 is 0. The van der Waals surface area contributed by atoms with Gasteiger partial charge in [-0.1, -0.05) is 18.2 Å². The van der Waals surface area contributed by atoms with Crippen molar-refractivity contribution in [2.45, 2.75) is 46.3 Å². The molecule has 0 radical (unpaired) electrons. The van der Waals surface area contributed by atoms with Gasteiger partial charge in [-0.15, -0.1) is 0 Å². The number of nitrogens with two attached hydrogens (primary N) is 1. The Morgan fingerprint density at radius 1 is 1.11 bits per heavy atom. The summed E-state index contributed by atoms with van der Waals surface area (Å²) in [4.78, 5) is 0. The molecular weight excluding hydrogens is 238 g/mol. The lowest BCUT2D eigenvalue weighted by Gasteiger charge is -2.20. The lowest BCUT2D eigenvalue weighted by molar-refractivity contribution is -0.0363. The lowest BCUT2D eigenvalue weighted by Crippen LogP contribution is -2.23. The van der Waals surface area contributed by atoms with Crippen LogP contribution in [0.2, 0.25) is 0 Å². The number of benzene rings is 1. The van der Waals surface area contributed by atoms with Crippen LogP contribution < -0.4 is 5.73 Å². The van der Waals surface area contributed by atoms with Gasteiger partial charge in [0.25, 0.3) is 0 Å². The van der Waals surface area contributed by atoms with E-state index >= 15 is 0 Å². The average molecular weight is 265 g/mol. The average Bonchev–Trinajstić information content (AvgIpc) is 2.30. The number of hydrogen-bond acceptors (Lipinski definition) is 3. The predicted molar refractivity (Wildman–Crippen MR) is 79.4 cm³/mol. The van der Waals surface area contributed by atoms with Gasteiger partial charge in [0.2, 0.25) is 0 Å². The number of rotatable bonds is 6. The third-order valence-electron chi connectivity index (χ3n) is 3.02. The molecule has 0 bridgehead atoms. The van der Waals surface area contributed by atoms with Gasteiger partial charge < -0.3 is 15.2 Å². The summed E-state index contributed by atoms with van der Waals surface area (Å²) in [6.45, 7) is 12.0. The zero-order valence-electron chi connectivity index (χ0n) is 12.8. The Balaban J connectivity index is 2.31. The molecule has 19 heavy (non-hydrogen) atoms. The number of aryl methyl sites for hydroxylation is 2. The van der Waals surface area contributed by atoms with Crippen molar-refractivity contribution in [3.8, 4) is 0 Å². The van der Waals surface area contributed by atoms with Gasteiger partial charge in [-0.25, -0.2) is 0 Å². The highest BCUT2D eigenvalue weighted by Crippen LogP contribution is 2.15. The minimum atomic E-state index is -0.112. The van der Waals surface area contributed by atoms with Crippen LogP contribution in [-0.2, 0) is 9.47 Å². The summed E-state index contributed by atoms with van der Waals surface area (Å²) in [6, 6.07) is 6.23. The Morgan fingerprint density at radius 3 is 2.37 bits per heavy atom. The van der Waals surface area contributed by atoms with Gasteiger partial charge in [0.05, 0.1) is 31.5 Å². The zero-order chi connectivity index (χ0) is 14.5. The summed E-state index contributed by atoms with van der Waals surface area (Å²) in [6.07, 6.45) is 0. The van der Waals surface area contributed by atoms with Crippen molar-refractivity contribution >= 4 is 0 Å². The fourth-order valence-corrected chi connectivity index (χ4v) is 1.71. The Morgan fingerprint density at radius 2 is 1.79 bits per heavy atom. The largest absolute Gasteiger partial charge is 0.377 e. The van der Waals surface area contributed by atoms with Crippen molar-refractivity contribution in [1.82, 2.24) is 0 Å². The molecule has 0 aromatic heterocycles. The zero-order valence-corrected chi connectivity index (χ0v) is 12.8. The molecule has 1 aromatic rings. The van der Waals surface area contributed by atoms with Gasteiger partial charge >= 0.3 is 0 Å². The minimum absolute atomic E-state index is 0.0751. The summed E-state index contributed by atoms with van der Waals surface area (Å²) in [5, 5.41) is 0. The summed E-state index contributed by atoms with van der Waals surface area (Å²) in [5.74, 6) is 0. The second-order valence-corrected chi connectivity index (χ2v) is 5.99. The molecule has 108 valence electrons. The molecule has 0 aliphatic carbocycles.